The van der Waals surface area contributed by atoms with Crippen LogP contribution in [0, 0.1) is 0 Å². The Morgan fingerprint density at radius 3 is 2.27 bits per heavy atom. The first-order chi connectivity index (χ1) is 6.97. The highest BCUT2D eigenvalue weighted by molar-refractivity contribution is 7.87. The van der Waals surface area contributed by atoms with Crippen LogP contribution in [-0.2, 0) is 10.2 Å². The van der Waals surface area contributed by atoms with Gasteiger partial charge in [-0.05, 0) is 25.8 Å². The summed E-state index contributed by atoms with van der Waals surface area (Å²) in [6.07, 6.45) is 2.29. The molecule has 0 aromatic carbocycles. The first kappa shape index (κ1) is 14.8. The molecule has 0 rings (SSSR count). The number of hydrogen-bond acceptors (Lipinski definition) is 3. The van der Waals surface area contributed by atoms with Gasteiger partial charge in [0.05, 0.1) is 0 Å². The van der Waals surface area contributed by atoms with Crippen molar-refractivity contribution in [2.75, 3.05) is 20.1 Å². The lowest BCUT2D eigenvalue weighted by Crippen LogP contribution is -2.43. The molecule has 0 fully saturated rings. The van der Waals surface area contributed by atoms with Crippen LogP contribution in [0.3, 0.4) is 0 Å². The second kappa shape index (κ2) is 7.16. The third-order valence-corrected chi connectivity index (χ3v) is 4.02. The summed E-state index contributed by atoms with van der Waals surface area (Å²) in [5.74, 6) is 0. The molecule has 0 saturated heterocycles. The van der Waals surface area contributed by atoms with Gasteiger partial charge in [0, 0.05) is 19.6 Å². The van der Waals surface area contributed by atoms with E-state index < -0.39 is 10.2 Å². The molecule has 0 aliphatic carbocycles. The van der Waals surface area contributed by atoms with Crippen molar-refractivity contribution in [2.24, 2.45) is 5.73 Å². The van der Waals surface area contributed by atoms with Gasteiger partial charge in [-0.15, -0.1) is 0 Å². The summed E-state index contributed by atoms with van der Waals surface area (Å²) in [5.41, 5.74) is 5.33. The van der Waals surface area contributed by atoms with Gasteiger partial charge >= 0.3 is 0 Å². The number of nitrogens with two attached hydrogens (primary N) is 1. The molecule has 0 radical (unpaired) electrons. The van der Waals surface area contributed by atoms with Crippen LogP contribution in [0.4, 0.5) is 0 Å². The Labute approximate surface area is 93.2 Å². The minimum Gasteiger partial charge on any atom is -0.330 e. The van der Waals surface area contributed by atoms with Gasteiger partial charge in [0.1, 0.15) is 0 Å². The standard InChI is InChI=1S/C9H23N3O2S/c1-4-9(5-2)11-15(13,14)12(3)8-6-7-10/h9,11H,4-8,10H2,1-3H3. The van der Waals surface area contributed by atoms with Gasteiger partial charge in [0.2, 0.25) is 0 Å². The summed E-state index contributed by atoms with van der Waals surface area (Å²) in [5, 5.41) is 0. The van der Waals surface area contributed by atoms with Crippen LogP contribution < -0.4 is 10.5 Å². The van der Waals surface area contributed by atoms with Gasteiger partial charge in [-0.25, -0.2) is 0 Å². The molecular weight excluding hydrogens is 214 g/mol. The van der Waals surface area contributed by atoms with Crippen LogP contribution in [0.25, 0.3) is 0 Å². The highest BCUT2D eigenvalue weighted by atomic mass is 32.2. The molecule has 0 atom stereocenters. The normalized spacial score (nSPS) is 12.7. The van der Waals surface area contributed by atoms with Crippen molar-refractivity contribution in [3.63, 3.8) is 0 Å². The third-order valence-electron chi connectivity index (χ3n) is 2.39. The summed E-state index contributed by atoms with van der Waals surface area (Å²) in [4.78, 5) is 0. The minimum absolute atomic E-state index is 0.0235. The van der Waals surface area contributed by atoms with E-state index in [1.165, 1.54) is 4.31 Å². The van der Waals surface area contributed by atoms with E-state index in [9.17, 15) is 8.42 Å². The predicted molar refractivity (Wildman–Crippen MR) is 62.7 cm³/mol. The molecule has 92 valence electrons. The Kier molecular flexibility index (Phi) is 7.08. The Bertz CT molecular complexity index is 250. The smallest absolute Gasteiger partial charge is 0.279 e. The van der Waals surface area contributed by atoms with Crippen molar-refractivity contribution in [3.05, 3.63) is 0 Å². The van der Waals surface area contributed by atoms with Gasteiger partial charge in [-0.2, -0.15) is 17.4 Å². The van der Waals surface area contributed by atoms with Crippen LogP contribution >= 0.6 is 0 Å². The molecule has 0 aromatic heterocycles. The summed E-state index contributed by atoms with van der Waals surface area (Å²) in [6, 6.07) is 0.0235. The van der Waals surface area contributed by atoms with E-state index in [2.05, 4.69) is 4.72 Å². The Hall–Kier alpha value is -0.170. The molecule has 0 bridgehead atoms. The number of nitrogens with one attached hydrogen (secondary N) is 1. The molecule has 0 amide bonds. The van der Waals surface area contributed by atoms with Gasteiger partial charge in [-0.3, -0.25) is 0 Å². The van der Waals surface area contributed by atoms with Crippen molar-refractivity contribution in [1.29, 1.82) is 0 Å². The van der Waals surface area contributed by atoms with Crippen molar-refractivity contribution in [1.82, 2.24) is 9.03 Å². The molecule has 0 spiro atoms. The second-order valence-electron chi connectivity index (χ2n) is 3.60. The van der Waals surface area contributed by atoms with Gasteiger partial charge in [0.15, 0.2) is 0 Å². The Balaban J connectivity index is 4.27. The zero-order valence-corrected chi connectivity index (χ0v) is 10.7. The number of nitrogens with zero attached hydrogens (tertiary/aromatic N) is 1. The second-order valence-corrected chi connectivity index (χ2v) is 5.41. The van der Waals surface area contributed by atoms with E-state index in [0.717, 1.165) is 12.8 Å². The van der Waals surface area contributed by atoms with Crippen molar-refractivity contribution >= 4 is 10.2 Å². The van der Waals surface area contributed by atoms with E-state index in [1.54, 1.807) is 7.05 Å². The van der Waals surface area contributed by atoms with E-state index in [-0.39, 0.29) is 6.04 Å². The fraction of sp³-hybridized carbons (Fsp3) is 1.00. The molecule has 0 unspecified atom stereocenters. The fourth-order valence-corrected chi connectivity index (χ4v) is 2.49. The quantitative estimate of drug-likeness (QED) is 0.637. The monoisotopic (exact) mass is 237 g/mol. The zero-order chi connectivity index (χ0) is 11.9. The first-order valence-corrected chi connectivity index (χ1v) is 6.85. The molecule has 0 saturated carbocycles. The summed E-state index contributed by atoms with van der Waals surface area (Å²) in [6.45, 7) is 4.91. The van der Waals surface area contributed by atoms with E-state index in [0.29, 0.717) is 19.5 Å². The average molecular weight is 237 g/mol. The molecule has 15 heavy (non-hydrogen) atoms. The van der Waals surface area contributed by atoms with Crippen LogP contribution in [0.1, 0.15) is 33.1 Å². The molecule has 0 aliphatic heterocycles. The van der Waals surface area contributed by atoms with Gasteiger partial charge in [-0.1, -0.05) is 13.8 Å². The van der Waals surface area contributed by atoms with E-state index in [1.807, 2.05) is 13.8 Å². The molecule has 5 nitrogen and oxygen atoms in total. The molecular formula is C9H23N3O2S. The van der Waals surface area contributed by atoms with Crippen molar-refractivity contribution in [2.45, 2.75) is 39.2 Å². The lowest BCUT2D eigenvalue weighted by atomic mass is 10.2. The maximum Gasteiger partial charge on any atom is 0.279 e. The topological polar surface area (TPSA) is 75.4 Å². The maximum atomic E-state index is 11.7. The molecule has 3 N–H and O–H groups in total. The average Bonchev–Trinajstić information content (AvgIpc) is 2.22. The van der Waals surface area contributed by atoms with Crippen molar-refractivity contribution in [3.8, 4) is 0 Å². The van der Waals surface area contributed by atoms with Gasteiger partial charge < -0.3 is 5.73 Å². The highest BCUT2D eigenvalue weighted by Gasteiger charge is 2.19. The van der Waals surface area contributed by atoms with Gasteiger partial charge in [0.25, 0.3) is 10.2 Å². The largest absolute Gasteiger partial charge is 0.330 e. The van der Waals surface area contributed by atoms with Crippen LogP contribution in [0.2, 0.25) is 0 Å². The van der Waals surface area contributed by atoms with E-state index in [4.69, 9.17) is 5.73 Å². The van der Waals surface area contributed by atoms with Crippen LogP contribution in [0.15, 0.2) is 0 Å². The SMILES string of the molecule is CCC(CC)NS(=O)(=O)N(C)CCCN. The molecule has 0 aromatic rings. The predicted octanol–water partition coefficient (Wildman–Crippen LogP) is 0.290. The number of hydrogen-bond donors (Lipinski definition) is 2. The maximum absolute atomic E-state index is 11.7. The first-order valence-electron chi connectivity index (χ1n) is 5.41. The molecule has 6 heteroatoms. The summed E-state index contributed by atoms with van der Waals surface area (Å²) >= 11 is 0. The summed E-state index contributed by atoms with van der Waals surface area (Å²) in [7, 11) is -1.76. The lowest BCUT2D eigenvalue weighted by molar-refractivity contribution is 0.436. The Morgan fingerprint density at radius 1 is 1.33 bits per heavy atom. The molecule has 0 aliphatic rings. The van der Waals surface area contributed by atoms with Crippen LogP contribution in [0.5, 0.6) is 0 Å². The summed E-state index contributed by atoms with van der Waals surface area (Å²) < 4.78 is 27.5. The molecule has 0 heterocycles. The fourth-order valence-electron chi connectivity index (χ4n) is 1.19. The zero-order valence-electron chi connectivity index (χ0n) is 9.86. The number of rotatable bonds is 8. The lowest BCUT2D eigenvalue weighted by Gasteiger charge is -2.21. The minimum atomic E-state index is -3.33. The Morgan fingerprint density at radius 2 is 1.87 bits per heavy atom. The third kappa shape index (κ3) is 5.46. The van der Waals surface area contributed by atoms with Crippen LogP contribution in [-0.4, -0.2) is 38.9 Å². The highest BCUT2D eigenvalue weighted by Crippen LogP contribution is 2.02. The van der Waals surface area contributed by atoms with Crippen molar-refractivity contribution < 1.29 is 8.42 Å². The van der Waals surface area contributed by atoms with E-state index >= 15 is 0 Å².